The van der Waals surface area contributed by atoms with Gasteiger partial charge in [-0.15, -0.1) is 0 Å². The van der Waals surface area contributed by atoms with E-state index in [0.717, 1.165) is 19.0 Å². The van der Waals surface area contributed by atoms with Crippen molar-refractivity contribution in [1.82, 2.24) is 20.6 Å². The molecular formula is C15H20Cl2N4OSi. The van der Waals surface area contributed by atoms with Crippen molar-refractivity contribution in [3.63, 3.8) is 0 Å². The van der Waals surface area contributed by atoms with Crippen molar-refractivity contribution in [1.29, 1.82) is 0 Å². The van der Waals surface area contributed by atoms with Crippen LogP contribution in [0.5, 0.6) is 0 Å². The molecule has 0 aliphatic carbocycles. The number of hydrogen-bond donors (Lipinski definition) is 3. The van der Waals surface area contributed by atoms with Gasteiger partial charge in [0.25, 0.3) is 5.91 Å². The van der Waals surface area contributed by atoms with Gasteiger partial charge in [-0.05, 0) is 18.7 Å². The minimum absolute atomic E-state index is 0.0142. The quantitative estimate of drug-likeness (QED) is 0.559. The molecule has 0 aromatic carbocycles. The summed E-state index contributed by atoms with van der Waals surface area (Å²) in [7, 11) is -1.16. The van der Waals surface area contributed by atoms with Crippen LogP contribution >= 0.6 is 23.2 Å². The van der Waals surface area contributed by atoms with E-state index in [-0.39, 0.29) is 17.2 Å². The monoisotopic (exact) mass is 370 g/mol. The lowest BCUT2D eigenvalue weighted by atomic mass is 10.2. The Morgan fingerprint density at radius 1 is 1.43 bits per heavy atom. The highest BCUT2D eigenvalue weighted by Crippen LogP contribution is 2.29. The number of amides is 1. The molecule has 1 aliphatic heterocycles. The van der Waals surface area contributed by atoms with Crippen molar-refractivity contribution < 1.29 is 4.79 Å². The molecule has 1 saturated heterocycles. The fourth-order valence-corrected chi connectivity index (χ4v) is 5.39. The largest absolute Gasteiger partial charge is 0.349 e. The maximum atomic E-state index is 12.5. The minimum Gasteiger partial charge on any atom is -0.349 e. The van der Waals surface area contributed by atoms with Crippen molar-refractivity contribution in [3.8, 4) is 0 Å². The molecule has 1 aliphatic rings. The third-order valence-electron chi connectivity index (χ3n) is 4.30. The van der Waals surface area contributed by atoms with E-state index in [1.165, 1.54) is 6.04 Å². The van der Waals surface area contributed by atoms with Crippen LogP contribution in [0.2, 0.25) is 29.3 Å². The zero-order valence-corrected chi connectivity index (χ0v) is 15.7. The average molecular weight is 371 g/mol. The van der Waals surface area contributed by atoms with Gasteiger partial charge in [0.05, 0.1) is 31.0 Å². The Bertz CT molecular complexity index is 746. The summed E-state index contributed by atoms with van der Waals surface area (Å²) < 4.78 is 0. The summed E-state index contributed by atoms with van der Waals surface area (Å²) in [6, 6.07) is 3.01. The van der Waals surface area contributed by atoms with Gasteiger partial charge in [0, 0.05) is 5.39 Å². The molecule has 8 heteroatoms. The lowest BCUT2D eigenvalue weighted by molar-refractivity contribution is 0.0924. The number of rotatable bonds is 2. The van der Waals surface area contributed by atoms with Gasteiger partial charge in [-0.2, -0.15) is 0 Å². The van der Waals surface area contributed by atoms with E-state index in [9.17, 15) is 4.79 Å². The number of aromatic nitrogens is 2. The number of nitrogens with one attached hydrogen (secondary N) is 3. The van der Waals surface area contributed by atoms with E-state index < -0.39 is 8.07 Å². The number of aromatic amines is 1. The average Bonchev–Trinajstić information content (AvgIpc) is 2.86. The second-order valence-electron chi connectivity index (χ2n) is 6.84. The number of H-pyrrole nitrogens is 1. The van der Waals surface area contributed by atoms with Gasteiger partial charge in [-0.1, -0.05) is 48.8 Å². The third kappa shape index (κ3) is 3.71. The molecule has 23 heavy (non-hydrogen) atoms. The summed E-state index contributed by atoms with van der Waals surface area (Å²) in [6.45, 7) is 4.75. The standard InChI is InChI=1S/C15H20Cl2N4OSi/c1-23(2)5-3-4-12(19-8-23)21-15(22)10-6-9-11(20-10)7-18-14(17)13(9)16/h6-7,12,19-20H,3-5,8H2,1-2H3,(H,21,22). The lowest BCUT2D eigenvalue weighted by Crippen LogP contribution is -2.49. The zero-order chi connectivity index (χ0) is 16.6. The second kappa shape index (κ2) is 6.43. The first-order chi connectivity index (χ1) is 10.9. The van der Waals surface area contributed by atoms with Gasteiger partial charge < -0.3 is 15.6 Å². The van der Waals surface area contributed by atoms with E-state index >= 15 is 0 Å². The first-order valence-corrected chi connectivity index (χ1v) is 11.9. The highest BCUT2D eigenvalue weighted by molar-refractivity contribution is 6.77. The van der Waals surface area contributed by atoms with E-state index in [2.05, 4.69) is 33.7 Å². The fourth-order valence-electron chi connectivity index (χ4n) is 2.90. The first kappa shape index (κ1) is 16.8. The van der Waals surface area contributed by atoms with Gasteiger partial charge in [-0.3, -0.25) is 4.79 Å². The Hall–Kier alpha value is -1.08. The molecular weight excluding hydrogens is 351 g/mol. The molecule has 3 N–H and O–H groups in total. The number of nitrogens with zero attached hydrogens (tertiary/aromatic N) is 1. The maximum absolute atomic E-state index is 12.5. The topological polar surface area (TPSA) is 69.8 Å². The zero-order valence-electron chi connectivity index (χ0n) is 13.2. The summed E-state index contributed by atoms with van der Waals surface area (Å²) in [5, 5.41) is 7.84. The normalized spacial score (nSPS) is 21.1. The number of carbonyl (C=O) groups is 1. The first-order valence-electron chi connectivity index (χ1n) is 7.73. The Morgan fingerprint density at radius 3 is 3.00 bits per heavy atom. The van der Waals surface area contributed by atoms with Gasteiger partial charge >= 0.3 is 0 Å². The molecule has 0 spiro atoms. The van der Waals surface area contributed by atoms with Crippen LogP contribution in [0.4, 0.5) is 0 Å². The number of pyridine rings is 1. The van der Waals surface area contributed by atoms with Crippen molar-refractivity contribution in [2.24, 2.45) is 0 Å². The SMILES string of the molecule is C[Si]1(C)CCCC(NC(=O)c2cc3c(Cl)c(Cl)ncc3[nH]2)NC1. The van der Waals surface area contributed by atoms with Gasteiger partial charge in [-0.25, -0.2) is 4.98 Å². The van der Waals surface area contributed by atoms with Gasteiger partial charge in [0.1, 0.15) is 10.8 Å². The molecule has 1 amide bonds. The summed E-state index contributed by atoms with van der Waals surface area (Å²) >= 11 is 12.0. The summed E-state index contributed by atoms with van der Waals surface area (Å²) in [5.74, 6) is -0.146. The van der Waals surface area contributed by atoms with Gasteiger partial charge in [0.15, 0.2) is 0 Å². The maximum Gasteiger partial charge on any atom is 0.268 e. The number of carbonyl (C=O) groups excluding carboxylic acids is 1. The van der Waals surface area contributed by atoms with E-state index in [0.29, 0.717) is 21.6 Å². The van der Waals surface area contributed by atoms with Crippen LogP contribution in [-0.2, 0) is 0 Å². The molecule has 1 atom stereocenters. The molecule has 3 heterocycles. The number of fused-ring (bicyclic) bond motifs is 1. The van der Waals surface area contributed by atoms with Crippen molar-refractivity contribution >= 4 is 48.1 Å². The molecule has 0 bridgehead atoms. The van der Waals surface area contributed by atoms with Gasteiger partial charge in [0.2, 0.25) is 0 Å². The van der Waals surface area contributed by atoms with E-state index in [1.807, 2.05) is 0 Å². The Kier molecular flexibility index (Phi) is 4.69. The smallest absolute Gasteiger partial charge is 0.268 e. The highest BCUT2D eigenvalue weighted by Gasteiger charge is 2.26. The van der Waals surface area contributed by atoms with Crippen LogP contribution in [0.15, 0.2) is 12.3 Å². The molecule has 5 nitrogen and oxygen atoms in total. The summed E-state index contributed by atoms with van der Waals surface area (Å²) in [5.41, 5.74) is 1.17. The molecule has 1 unspecified atom stereocenters. The molecule has 1 fully saturated rings. The fraction of sp³-hybridized carbons (Fsp3) is 0.467. The van der Waals surface area contributed by atoms with Crippen LogP contribution in [0, 0.1) is 0 Å². The Morgan fingerprint density at radius 2 is 2.22 bits per heavy atom. The van der Waals surface area contributed by atoms with Crippen LogP contribution < -0.4 is 10.6 Å². The van der Waals surface area contributed by atoms with Crippen LogP contribution in [0.1, 0.15) is 23.3 Å². The van der Waals surface area contributed by atoms with E-state index in [4.69, 9.17) is 23.2 Å². The van der Waals surface area contributed by atoms with Crippen LogP contribution in [0.3, 0.4) is 0 Å². The van der Waals surface area contributed by atoms with Crippen molar-refractivity contribution in [2.45, 2.75) is 38.1 Å². The highest BCUT2D eigenvalue weighted by atomic mass is 35.5. The second-order valence-corrected chi connectivity index (χ2v) is 12.8. The minimum atomic E-state index is -1.16. The molecule has 0 radical (unpaired) electrons. The Labute approximate surface area is 146 Å². The van der Waals surface area contributed by atoms with E-state index in [1.54, 1.807) is 12.3 Å². The number of halogens is 2. The lowest BCUT2D eigenvalue weighted by Gasteiger charge is -2.21. The predicted octanol–water partition coefficient (Wildman–Crippen LogP) is 3.56. The molecule has 124 valence electrons. The van der Waals surface area contributed by atoms with Crippen LogP contribution in [0.25, 0.3) is 10.9 Å². The van der Waals surface area contributed by atoms with Crippen molar-refractivity contribution in [2.75, 3.05) is 6.17 Å². The summed E-state index contributed by atoms with van der Waals surface area (Å²) in [6.07, 6.45) is 4.72. The molecule has 0 saturated carbocycles. The molecule has 3 rings (SSSR count). The van der Waals surface area contributed by atoms with Crippen molar-refractivity contribution in [3.05, 3.63) is 28.1 Å². The Balaban J connectivity index is 1.75. The summed E-state index contributed by atoms with van der Waals surface area (Å²) in [4.78, 5) is 19.5. The molecule has 2 aromatic rings. The number of hydrogen-bond acceptors (Lipinski definition) is 3. The molecule has 2 aromatic heterocycles. The third-order valence-corrected chi connectivity index (χ3v) is 7.93. The predicted molar refractivity (Wildman–Crippen MR) is 96.9 cm³/mol. The van der Waals surface area contributed by atoms with Crippen LogP contribution in [-0.4, -0.2) is 36.3 Å².